The van der Waals surface area contributed by atoms with Gasteiger partial charge in [-0.2, -0.15) is 5.10 Å². The molecular weight excluding hydrogens is 398 g/mol. The zero-order chi connectivity index (χ0) is 21.7. The smallest absolute Gasteiger partial charge is 0.227 e. The highest BCUT2D eigenvalue weighted by atomic mass is 32.2. The Labute approximate surface area is 179 Å². The fourth-order valence-electron chi connectivity index (χ4n) is 3.44. The molecule has 7 nitrogen and oxygen atoms in total. The van der Waals surface area contributed by atoms with Gasteiger partial charge in [0.1, 0.15) is 0 Å². The van der Waals surface area contributed by atoms with E-state index >= 15 is 0 Å². The molecule has 0 unspecified atom stereocenters. The lowest BCUT2D eigenvalue weighted by Crippen LogP contribution is -2.31. The molecule has 0 atom stereocenters. The van der Waals surface area contributed by atoms with Crippen LogP contribution < -0.4 is 0 Å². The highest BCUT2D eigenvalue weighted by molar-refractivity contribution is 7.91. The third-order valence-corrected chi connectivity index (χ3v) is 6.91. The van der Waals surface area contributed by atoms with E-state index in [2.05, 4.69) is 41.0 Å². The van der Waals surface area contributed by atoms with E-state index in [4.69, 9.17) is 0 Å². The zero-order valence-electron chi connectivity index (χ0n) is 18.2. The van der Waals surface area contributed by atoms with Gasteiger partial charge in [0.05, 0.1) is 23.8 Å². The highest BCUT2D eigenvalue weighted by Gasteiger charge is 2.23. The van der Waals surface area contributed by atoms with Gasteiger partial charge in [0.2, 0.25) is 15.0 Å². The standard InChI is InChI=1S/C22H31N5O2S/c1-5-30(28,29)22-23-14-21(27(22)12-11-19-9-7-6-8-10-19)17-26(18(2)3)16-20-13-24-25(4)15-20/h6-10,13-15,18H,5,11-12,16-17H2,1-4H3. The van der Waals surface area contributed by atoms with Crippen molar-refractivity contribution < 1.29 is 8.42 Å². The normalized spacial score (nSPS) is 12.2. The SMILES string of the molecule is CCS(=O)(=O)c1ncc(CN(Cc2cnn(C)c2)C(C)C)n1CCc1ccccc1. The fraction of sp³-hybridized carbons (Fsp3) is 0.455. The highest BCUT2D eigenvalue weighted by Crippen LogP contribution is 2.19. The van der Waals surface area contributed by atoms with Gasteiger partial charge in [-0.1, -0.05) is 37.3 Å². The first kappa shape index (κ1) is 22.2. The molecule has 2 heterocycles. The molecule has 0 spiro atoms. The van der Waals surface area contributed by atoms with Gasteiger partial charge in [0, 0.05) is 44.5 Å². The van der Waals surface area contributed by atoms with Crippen LogP contribution in [0.5, 0.6) is 0 Å². The van der Waals surface area contributed by atoms with Gasteiger partial charge < -0.3 is 4.57 Å². The topological polar surface area (TPSA) is 73.0 Å². The molecule has 0 amide bonds. The van der Waals surface area contributed by atoms with Crippen LogP contribution in [0.3, 0.4) is 0 Å². The Morgan fingerprint density at radius 2 is 1.80 bits per heavy atom. The molecule has 0 saturated heterocycles. The van der Waals surface area contributed by atoms with Crippen molar-refractivity contribution >= 4 is 9.84 Å². The second-order valence-electron chi connectivity index (χ2n) is 7.84. The Bertz CT molecular complexity index is 1050. The number of aromatic nitrogens is 4. The summed E-state index contributed by atoms with van der Waals surface area (Å²) in [5.74, 6) is 0.0400. The van der Waals surface area contributed by atoms with Gasteiger partial charge >= 0.3 is 0 Å². The fourth-order valence-corrected chi connectivity index (χ4v) is 4.45. The molecule has 8 heteroatoms. The first-order valence-corrected chi connectivity index (χ1v) is 12.0. The van der Waals surface area contributed by atoms with E-state index in [1.807, 2.05) is 42.2 Å². The monoisotopic (exact) mass is 429 g/mol. The van der Waals surface area contributed by atoms with Crippen molar-refractivity contribution in [3.63, 3.8) is 0 Å². The predicted octanol–water partition coefficient (Wildman–Crippen LogP) is 3.06. The summed E-state index contributed by atoms with van der Waals surface area (Å²) in [6, 6.07) is 10.4. The van der Waals surface area contributed by atoms with Gasteiger partial charge in [-0.3, -0.25) is 9.58 Å². The molecule has 0 fully saturated rings. The van der Waals surface area contributed by atoms with Crippen LogP contribution >= 0.6 is 0 Å². The lowest BCUT2D eigenvalue weighted by atomic mass is 10.1. The molecule has 162 valence electrons. The molecule has 0 aliphatic carbocycles. The van der Waals surface area contributed by atoms with Crippen LogP contribution in [0.4, 0.5) is 0 Å². The number of rotatable bonds is 10. The van der Waals surface area contributed by atoms with Crippen molar-refractivity contribution in [3.05, 3.63) is 65.7 Å². The zero-order valence-corrected chi connectivity index (χ0v) is 19.0. The lowest BCUT2D eigenvalue weighted by Gasteiger charge is -2.26. The number of aryl methyl sites for hydroxylation is 2. The van der Waals surface area contributed by atoms with Crippen LogP contribution in [-0.2, 0) is 42.9 Å². The van der Waals surface area contributed by atoms with Crippen molar-refractivity contribution in [1.29, 1.82) is 0 Å². The first-order valence-electron chi connectivity index (χ1n) is 10.3. The van der Waals surface area contributed by atoms with E-state index < -0.39 is 9.84 Å². The van der Waals surface area contributed by atoms with Crippen molar-refractivity contribution in [3.8, 4) is 0 Å². The average molecular weight is 430 g/mol. The maximum Gasteiger partial charge on any atom is 0.227 e. The van der Waals surface area contributed by atoms with Gasteiger partial charge in [-0.05, 0) is 25.8 Å². The summed E-state index contributed by atoms with van der Waals surface area (Å²) in [6.45, 7) is 7.88. The van der Waals surface area contributed by atoms with E-state index in [1.165, 1.54) is 5.56 Å². The van der Waals surface area contributed by atoms with Crippen molar-refractivity contribution in [2.45, 2.75) is 58.0 Å². The minimum Gasteiger partial charge on any atom is -0.317 e. The summed E-state index contributed by atoms with van der Waals surface area (Å²) >= 11 is 0. The Morgan fingerprint density at radius 1 is 1.07 bits per heavy atom. The Kier molecular flexibility index (Phi) is 7.10. The predicted molar refractivity (Wildman–Crippen MR) is 118 cm³/mol. The number of sulfone groups is 1. The lowest BCUT2D eigenvalue weighted by molar-refractivity contribution is 0.197. The molecule has 2 aromatic heterocycles. The molecule has 0 aliphatic rings. The molecule has 0 bridgehead atoms. The first-order chi connectivity index (χ1) is 14.3. The van der Waals surface area contributed by atoms with Gasteiger partial charge in [0.25, 0.3) is 0 Å². The minimum atomic E-state index is -3.40. The third-order valence-electron chi connectivity index (χ3n) is 5.27. The maximum absolute atomic E-state index is 12.7. The summed E-state index contributed by atoms with van der Waals surface area (Å²) in [7, 11) is -1.50. The maximum atomic E-state index is 12.7. The molecule has 1 aromatic carbocycles. The minimum absolute atomic E-state index is 0.0400. The van der Waals surface area contributed by atoms with Crippen LogP contribution in [0, 0.1) is 0 Å². The Morgan fingerprint density at radius 3 is 2.40 bits per heavy atom. The quantitative estimate of drug-likeness (QED) is 0.495. The summed E-state index contributed by atoms with van der Waals surface area (Å²) in [5.41, 5.74) is 3.21. The molecule has 30 heavy (non-hydrogen) atoms. The van der Waals surface area contributed by atoms with E-state index in [0.717, 1.165) is 24.2 Å². The Hall–Kier alpha value is -2.45. The van der Waals surface area contributed by atoms with Crippen molar-refractivity contribution in [2.75, 3.05) is 5.75 Å². The van der Waals surface area contributed by atoms with Crippen LogP contribution in [-0.4, -0.2) is 44.4 Å². The third kappa shape index (κ3) is 5.37. The largest absolute Gasteiger partial charge is 0.317 e. The average Bonchev–Trinajstić information content (AvgIpc) is 3.32. The van der Waals surface area contributed by atoms with E-state index in [9.17, 15) is 8.42 Å². The number of hydrogen-bond donors (Lipinski definition) is 0. The molecule has 0 saturated carbocycles. The molecule has 0 N–H and O–H groups in total. The van der Waals surface area contributed by atoms with Gasteiger partial charge in [-0.25, -0.2) is 13.4 Å². The second kappa shape index (κ2) is 9.57. The summed E-state index contributed by atoms with van der Waals surface area (Å²) < 4.78 is 29.0. The molecule has 3 rings (SSSR count). The molecule has 3 aromatic rings. The number of imidazole rings is 1. The van der Waals surface area contributed by atoms with Crippen LogP contribution in [0.15, 0.2) is 54.1 Å². The second-order valence-corrected chi connectivity index (χ2v) is 10.0. The van der Waals surface area contributed by atoms with Gasteiger partial charge in [0.15, 0.2) is 0 Å². The van der Waals surface area contributed by atoms with Crippen molar-refractivity contribution in [2.24, 2.45) is 7.05 Å². The van der Waals surface area contributed by atoms with Crippen molar-refractivity contribution in [1.82, 2.24) is 24.2 Å². The molecule has 0 aliphatic heterocycles. The number of nitrogens with zero attached hydrogens (tertiary/aromatic N) is 5. The summed E-state index contributed by atoms with van der Waals surface area (Å²) in [4.78, 5) is 6.63. The van der Waals surface area contributed by atoms with E-state index in [1.54, 1.807) is 17.8 Å². The van der Waals surface area contributed by atoms with E-state index in [0.29, 0.717) is 13.1 Å². The molecular formula is C22H31N5O2S. The van der Waals surface area contributed by atoms with Crippen LogP contribution in [0.2, 0.25) is 0 Å². The van der Waals surface area contributed by atoms with E-state index in [-0.39, 0.29) is 17.0 Å². The van der Waals surface area contributed by atoms with Crippen LogP contribution in [0.1, 0.15) is 37.6 Å². The molecule has 0 radical (unpaired) electrons. The number of hydrogen-bond acceptors (Lipinski definition) is 5. The Balaban J connectivity index is 1.88. The summed E-state index contributed by atoms with van der Waals surface area (Å²) in [5, 5.41) is 4.42. The van der Waals surface area contributed by atoms with Gasteiger partial charge in [-0.15, -0.1) is 0 Å². The van der Waals surface area contributed by atoms with Crippen LogP contribution in [0.25, 0.3) is 0 Å². The summed E-state index contributed by atoms with van der Waals surface area (Å²) in [6.07, 6.45) is 6.34. The number of benzene rings is 1.